The van der Waals surface area contributed by atoms with Crippen LogP contribution in [0, 0.1) is 0 Å². The predicted molar refractivity (Wildman–Crippen MR) is 123 cm³/mol. The molecule has 0 N–H and O–H groups in total. The quantitative estimate of drug-likeness (QED) is 0.401. The molecule has 6 heteroatoms. The molecule has 0 amide bonds. The molecule has 0 fully saturated rings. The second-order valence-corrected chi connectivity index (χ2v) is 8.00. The summed E-state index contributed by atoms with van der Waals surface area (Å²) >= 11 is 0. The van der Waals surface area contributed by atoms with Crippen LogP contribution >= 0.6 is 0 Å². The van der Waals surface area contributed by atoms with E-state index in [1.54, 1.807) is 14.2 Å². The third-order valence-corrected chi connectivity index (χ3v) is 6.40. The Kier molecular flexibility index (Phi) is 3.43. The zero-order valence-electron chi connectivity index (χ0n) is 17.5. The molecule has 0 atom stereocenters. The molecule has 3 aliphatic heterocycles. The summed E-state index contributed by atoms with van der Waals surface area (Å²) in [6.07, 6.45) is 0. The Morgan fingerprint density at radius 3 is 1.44 bits per heavy atom. The molecule has 0 aromatic heterocycles. The van der Waals surface area contributed by atoms with Gasteiger partial charge in [0.1, 0.15) is 46.0 Å². The highest BCUT2D eigenvalue weighted by Gasteiger charge is 2.46. The van der Waals surface area contributed by atoms with Crippen molar-refractivity contribution in [3.63, 3.8) is 0 Å². The first-order valence-corrected chi connectivity index (χ1v) is 10.5. The predicted octanol–water partition coefficient (Wildman–Crippen LogP) is 4.20. The van der Waals surface area contributed by atoms with Crippen molar-refractivity contribution < 1.29 is 23.7 Å². The second kappa shape index (κ2) is 6.23. The van der Waals surface area contributed by atoms with Crippen molar-refractivity contribution >= 4 is 23.1 Å². The van der Waals surface area contributed by atoms with E-state index in [9.17, 15) is 0 Å². The van der Waals surface area contributed by atoms with Crippen LogP contribution in [0.2, 0.25) is 0 Å². The first-order chi connectivity index (χ1) is 15.8. The van der Waals surface area contributed by atoms with Gasteiger partial charge in [-0.2, -0.15) is 0 Å². The average Bonchev–Trinajstić information content (AvgIpc) is 2.83. The first kappa shape index (κ1) is 17.6. The molecule has 154 valence electrons. The second-order valence-electron chi connectivity index (χ2n) is 8.00. The lowest BCUT2D eigenvalue weighted by atomic mass is 9.34. The molecule has 3 heterocycles. The molecule has 3 aliphatic rings. The van der Waals surface area contributed by atoms with Crippen LogP contribution in [0.1, 0.15) is 0 Å². The summed E-state index contributed by atoms with van der Waals surface area (Å²) in [5, 5.41) is 0. The van der Waals surface area contributed by atoms with Gasteiger partial charge in [0.05, 0.1) is 19.8 Å². The molecule has 0 spiro atoms. The maximum atomic E-state index is 6.42. The van der Waals surface area contributed by atoms with Gasteiger partial charge in [0.25, 0.3) is 6.71 Å². The Morgan fingerprint density at radius 1 is 0.562 bits per heavy atom. The van der Waals surface area contributed by atoms with E-state index in [1.165, 1.54) is 0 Å². The van der Waals surface area contributed by atoms with Crippen LogP contribution in [0.4, 0.5) is 0 Å². The summed E-state index contributed by atoms with van der Waals surface area (Å²) < 4.78 is 30.3. The van der Waals surface area contributed by atoms with Crippen molar-refractivity contribution in [1.82, 2.24) is 0 Å². The molecule has 4 aromatic rings. The van der Waals surface area contributed by atoms with Gasteiger partial charge in [-0.3, -0.25) is 0 Å². The largest absolute Gasteiger partial charge is 0.496 e. The summed E-state index contributed by atoms with van der Waals surface area (Å²) in [6, 6.07) is 21.7. The van der Waals surface area contributed by atoms with Crippen molar-refractivity contribution in [2.45, 2.75) is 0 Å². The van der Waals surface area contributed by atoms with Crippen molar-refractivity contribution in [2.24, 2.45) is 0 Å². The van der Waals surface area contributed by atoms with E-state index in [0.717, 1.165) is 73.5 Å². The minimum Gasteiger partial charge on any atom is -0.496 e. The summed E-state index contributed by atoms with van der Waals surface area (Å²) in [5.41, 5.74) is 4.87. The minimum atomic E-state index is 0.00210. The van der Waals surface area contributed by atoms with Gasteiger partial charge in [0.2, 0.25) is 0 Å². The molecule has 0 saturated carbocycles. The van der Waals surface area contributed by atoms with Gasteiger partial charge in [-0.15, -0.1) is 0 Å². The maximum Gasteiger partial charge on any atom is 0.270 e. The lowest BCUT2D eigenvalue weighted by molar-refractivity contribution is 0.397. The average molecular weight is 420 g/mol. The van der Waals surface area contributed by atoms with Crippen molar-refractivity contribution in [3.05, 3.63) is 66.7 Å². The van der Waals surface area contributed by atoms with Gasteiger partial charge in [0.15, 0.2) is 0 Å². The van der Waals surface area contributed by atoms with Gasteiger partial charge in [0, 0.05) is 16.4 Å². The SMILES string of the molecule is COc1cccc(OC)c1-c1cc2c3c(c1)Oc1cccc4c1B3c1c(cccc1O2)O4. The van der Waals surface area contributed by atoms with E-state index in [0.29, 0.717) is 0 Å². The molecule has 0 saturated heterocycles. The summed E-state index contributed by atoms with van der Waals surface area (Å²) in [6.45, 7) is 0.00210. The molecule has 0 bridgehead atoms. The fourth-order valence-electron chi connectivity index (χ4n) is 5.10. The molecule has 0 aliphatic carbocycles. The number of rotatable bonds is 3. The number of methoxy groups -OCH3 is 2. The molecular formula is C26H17BO5. The lowest BCUT2D eigenvalue weighted by Crippen LogP contribution is -2.59. The number of hydrogen-bond donors (Lipinski definition) is 0. The number of hydrogen-bond acceptors (Lipinski definition) is 5. The van der Waals surface area contributed by atoms with E-state index in [2.05, 4.69) is 0 Å². The third kappa shape index (κ3) is 2.19. The normalized spacial score (nSPS) is 13.4. The molecule has 0 radical (unpaired) electrons. The van der Waals surface area contributed by atoms with E-state index in [-0.39, 0.29) is 6.71 Å². The standard InChI is InChI=1S/C26H17BO5/c1-28-15-6-3-7-16(29-2)23(15)14-12-21-26-22(13-14)32-20-11-5-9-18-25(20)27(26)24-17(30-18)8-4-10-19(24)31-21/h3-13H,1-2H3. The fourth-order valence-corrected chi connectivity index (χ4v) is 5.10. The summed E-state index contributed by atoms with van der Waals surface area (Å²) in [5.74, 6) is 6.23. The van der Waals surface area contributed by atoms with Crippen molar-refractivity contribution in [2.75, 3.05) is 14.2 Å². The smallest absolute Gasteiger partial charge is 0.270 e. The van der Waals surface area contributed by atoms with Crippen molar-refractivity contribution in [1.29, 1.82) is 0 Å². The molecule has 4 aromatic carbocycles. The fraction of sp³-hybridized carbons (Fsp3) is 0.0769. The molecule has 7 rings (SSSR count). The van der Waals surface area contributed by atoms with E-state index >= 15 is 0 Å². The molecular weight excluding hydrogens is 403 g/mol. The van der Waals surface area contributed by atoms with E-state index in [4.69, 9.17) is 23.7 Å². The highest BCUT2D eigenvalue weighted by atomic mass is 16.5. The Bertz CT molecular complexity index is 1350. The van der Waals surface area contributed by atoms with E-state index in [1.807, 2.05) is 66.7 Å². The van der Waals surface area contributed by atoms with Gasteiger partial charge < -0.3 is 23.7 Å². The summed E-state index contributed by atoms with van der Waals surface area (Å²) in [4.78, 5) is 0. The highest BCUT2D eigenvalue weighted by molar-refractivity contribution is 6.99. The molecule has 0 unspecified atom stereocenters. The van der Waals surface area contributed by atoms with Gasteiger partial charge in [-0.25, -0.2) is 0 Å². The lowest BCUT2D eigenvalue weighted by Gasteiger charge is -2.37. The van der Waals surface area contributed by atoms with Crippen LogP contribution in [0.3, 0.4) is 0 Å². The van der Waals surface area contributed by atoms with Crippen LogP contribution in [0.5, 0.6) is 46.0 Å². The molecule has 5 nitrogen and oxygen atoms in total. The zero-order chi connectivity index (χ0) is 21.4. The Morgan fingerprint density at radius 2 is 0.969 bits per heavy atom. The Hall–Kier alpha value is -4.06. The van der Waals surface area contributed by atoms with E-state index < -0.39 is 0 Å². The topological polar surface area (TPSA) is 46.2 Å². The Labute approximate surface area is 185 Å². The highest BCUT2D eigenvalue weighted by Crippen LogP contribution is 2.46. The van der Waals surface area contributed by atoms with Crippen molar-refractivity contribution in [3.8, 4) is 57.1 Å². The van der Waals surface area contributed by atoms with Gasteiger partial charge in [-0.1, -0.05) is 18.2 Å². The number of benzene rings is 4. The van der Waals surface area contributed by atoms with Crippen LogP contribution in [-0.4, -0.2) is 20.9 Å². The Balaban J connectivity index is 1.53. The molecule has 32 heavy (non-hydrogen) atoms. The van der Waals surface area contributed by atoms with Crippen LogP contribution in [0.25, 0.3) is 11.1 Å². The monoisotopic (exact) mass is 420 g/mol. The van der Waals surface area contributed by atoms with Crippen LogP contribution in [0.15, 0.2) is 66.7 Å². The first-order valence-electron chi connectivity index (χ1n) is 10.5. The van der Waals surface area contributed by atoms with Gasteiger partial charge in [-0.05, 0) is 54.1 Å². The maximum absolute atomic E-state index is 6.42. The zero-order valence-corrected chi connectivity index (χ0v) is 17.5. The van der Waals surface area contributed by atoms with Gasteiger partial charge >= 0.3 is 0 Å². The summed E-state index contributed by atoms with van der Waals surface area (Å²) in [7, 11) is 3.32. The van der Waals surface area contributed by atoms with Crippen LogP contribution < -0.4 is 40.1 Å². The minimum absolute atomic E-state index is 0.00210. The van der Waals surface area contributed by atoms with Crippen LogP contribution in [-0.2, 0) is 0 Å². The third-order valence-electron chi connectivity index (χ3n) is 6.40. The number of ether oxygens (including phenoxy) is 5.